The first-order valence-corrected chi connectivity index (χ1v) is 9.59. The third kappa shape index (κ3) is 3.39. The Morgan fingerprint density at radius 2 is 1.83 bits per heavy atom. The predicted molar refractivity (Wildman–Crippen MR) is 95.8 cm³/mol. The van der Waals surface area contributed by atoms with Crippen LogP contribution < -0.4 is 0 Å². The van der Waals surface area contributed by atoms with Crippen LogP contribution in [0.2, 0.25) is 0 Å². The van der Waals surface area contributed by atoms with Gasteiger partial charge in [-0.15, -0.1) is 5.10 Å². The molecule has 150 valence electrons. The van der Waals surface area contributed by atoms with Crippen molar-refractivity contribution in [2.24, 2.45) is 0 Å². The molecule has 0 atom stereocenters. The van der Waals surface area contributed by atoms with Gasteiger partial charge in [0.1, 0.15) is 17.2 Å². The van der Waals surface area contributed by atoms with Crippen molar-refractivity contribution in [1.29, 1.82) is 0 Å². The summed E-state index contributed by atoms with van der Waals surface area (Å²) in [5.74, 6) is -0.866. The average molecular weight is 400 g/mol. The summed E-state index contributed by atoms with van der Waals surface area (Å²) in [5, 5.41) is 12.3. The average Bonchev–Trinajstić information content (AvgIpc) is 3.25. The van der Waals surface area contributed by atoms with Crippen molar-refractivity contribution < 1.29 is 18.1 Å². The van der Waals surface area contributed by atoms with Crippen LogP contribution in [0, 0.1) is 11.6 Å². The van der Waals surface area contributed by atoms with Crippen molar-refractivity contribution in [2.75, 3.05) is 13.1 Å². The number of carbonyl (C=O) groups excluding carboxylic acids is 1. The molecule has 0 spiro atoms. The molecular weight excluding hydrogens is 382 g/mol. The van der Waals surface area contributed by atoms with Gasteiger partial charge in [-0.1, -0.05) is 16.4 Å². The van der Waals surface area contributed by atoms with Gasteiger partial charge in [0.05, 0.1) is 12.2 Å². The van der Waals surface area contributed by atoms with E-state index < -0.39 is 23.1 Å². The molecule has 3 aromatic rings. The van der Waals surface area contributed by atoms with Crippen LogP contribution in [-0.2, 0) is 0 Å². The summed E-state index contributed by atoms with van der Waals surface area (Å²) < 4.78 is 34.8. The van der Waals surface area contributed by atoms with Gasteiger partial charge in [0.15, 0.2) is 11.5 Å². The topological polar surface area (TPSA) is 89.9 Å². The van der Waals surface area contributed by atoms with Crippen molar-refractivity contribution in [3.63, 3.8) is 0 Å². The lowest BCUT2D eigenvalue weighted by molar-refractivity contribution is 0.0679. The first kappa shape index (κ1) is 17.9. The molecule has 0 bridgehead atoms. The highest BCUT2D eigenvalue weighted by Crippen LogP contribution is 2.38. The number of rotatable bonds is 4. The minimum Gasteiger partial charge on any atom is -0.338 e. The van der Waals surface area contributed by atoms with Crippen LogP contribution in [-0.4, -0.2) is 49.0 Å². The molecule has 10 heteroatoms. The van der Waals surface area contributed by atoms with Gasteiger partial charge >= 0.3 is 0 Å². The zero-order valence-corrected chi connectivity index (χ0v) is 15.5. The second-order valence-corrected chi connectivity index (χ2v) is 7.44. The molecule has 1 aromatic carbocycles. The van der Waals surface area contributed by atoms with E-state index in [1.165, 1.54) is 11.0 Å². The summed E-state index contributed by atoms with van der Waals surface area (Å²) in [5.41, 5.74) is 0.00758. The maximum atomic E-state index is 13.9. The molecule has 1 aliphatic carbocycles. The van der Waals surface area contributed by atoms with Crippen molar-refractivity contribution in [1.82, 2.24) is 30.0 Å². The van der Waals surface area contributed by atoms with Crippen LogP contribution in [0.4, 0.5) is 8.78 Å². The molecule has 1 amide bonds. The fourth-order valence-electron chi connectivity index (χ4n) is 3.59. The monoisotopic (exact) mass is 400 g/mol. The zero-order chi connectivity index (χ0) is 20.0. The maximum absolute atomic E-state index is 13.9. The first-order chi connectivity index (χ1) is 14.1. The molecule has 2 fully saturated rings. The summed E-state index contributed by atoms with van der Waals surface area (Å²) in [7, 11) is 0. The van der Waals surface area contributed by atoms with Gasteiger partial charge in [-0.3, -0.25) is 4.79 Å². The van der Waals surface area contributed by atoms with Gasteiger partial charge in [-0.05, 0) is 37.8 Å². The molecular formula is C19H18F2N6O2. The van der Waals surface area contributed by atoms with Gasteiger partial charge in [-0.25, -0.2) is 13.5 Å². The molecule has 29 heavy (non-hydrogen) atoms. The zero-order valence-electron chi connectivity index (χ0n) is 15.5. The van der Waals surface area contributed by atoms with E-state index in [-0.39, 0.29) is 6.04 Å². The molecule has 1 aliphatic heterocycles. The number of hydrogen-bond acceptors (Lipinski definition) is 6. The van der Waals surface area contributed by atoms with E-state index in [9.17, 15) is 13.6 Å². The minimum absolute atomic E-state index is 0.0246. The molecule has 1 saturated carbocycles. The van der Waals surface area contributed by atoms with Gasteiger partial charge < -0.3 is 9.42 Å². The highest BCUT2D eigenvalue weighted by Gasteiger charge is 2.31. The Kier molecular flexibility index (Phi) is 4.33. The molecule has 0 N–H and O–H groups in total. The van der Waals surface area contributed by atoms with E-state index in [1.54, 1.807) is 10.9 Å². The number of hydrogen-bond donors (Lipinski definition) is 0. The Balaban J connectivity index is 1.25. The highest BCUT2D eigenvalue weighted by molar-refractivity contribution is 5.94. The lowest BCUT2D eigenvalue weighted by Gasteiger charge is -2.32. The fourth-order valence-corrected chi connectivity index (χ4v) is 3.59. The molecule has 3 heterocycles. The lowest BCUT2D eigenvalue weighted by atomic mass is 10.0. The number of carbonyl (C=O) groups is 1. The van der Waals surface area contributed by atoms with Crippen LogP contribution in [0.25, 0.3) is 11.6 Å². The van der Waals surface area contributed by atoms with E-state index in [1.807, 2.05) is 0 Å². The highest BCUT2D eigenvalue weighted by atomic mass is 19.1. The SMILES string of the molecule is O=C(c1c(F)cccc1F)N1CCC(n2cc(-c3nc(C4CC4)no3)nn2)CC1. The minimum atomic E-state index is -0.844. The van der Waals surface area contributed by atoms with Gasteiger partial charge in [0.2, 0.25) is 0 Å². The standard InChI is InChI=1S/C19H18F2N6O2/c20-13-2-1-3-14(21)16(13)19(28)26-8-6-12(7-9-26)27-10-15(23-25-27)18-22-17(24-29-18)11-4-5-11/h1-3,10-12H,4-9H2. The number of likely N-dealkylation sites (tertiary alicyclic amines) is 1. The molecule has 2 aliphatic rings. The number of aromatic nitrogens is 5. The van der Waals surface area contributed by atoms with E-state index in [4.69, 9.17) is 4.52 Å². The largest absolute Gasteiger partial charge is 0.338 e. The summed E-state index contributed by atoms with van der Waals surface area (Å²) >= 11 is 0. The first-order valence-electron chi connectivity index (χ1n) is 9.59. The summed E-state index contributed by atoms with van der Waals surface area (Å²) in [4.78, 5) is 18.4. The number of amides is 1. The van der Waals surface area contributed by atoms with Crippen molar-refractivity contribution in [3.8, 4) is 11.6 Å². The molecule has 0 unspecified atom stereocenters. The van der Waals surface area contributed by atoms with Crippen molar-refractivity contribution >= 4 is 5.91 Å². The second kappa shape index (κ2) is 7.02. The van der Waals surface area contributed by atoms with Gasteiger partial charge in [0.25, 0.3) is 11.8 Å². The van der Waals surface area contributed by atoms with Gasteiger partial charge in [0, 0.05) is 19.0 Å². The quantitative estimate of drug-likeness (QED) is 0.669. The number of halogens is 2. The summed E-state index contributed by atoms with van der Waals surface area (Å²) in [6.07, 6.45) is 5.12. The Labute approximate surface area is 164 Å². The Morgan fingerprint density at radius 3 is 2.52 bits per heavy atom. The Bertz CT molecular complexity index is 1030. The van der Waals surface area contributed by atoms with Gasteiger partial charge in [-0.2, -0.15) is 4.98 Å². The molecule has 2 aromatic heterocycles. The number of benzene rings is 1. The second-order valence-electron chi connectivity index (χ2n) is 7.44. The smallest absolute Gasteiger partial charge is 0.280 e. The molecule has 8 nitrogen and oxygen atoms in total. The Morgan fingerprint density at radius 1 is 1.10 bits per heavy atom. The van der Waals surface area contributed by atoms with E-state index in [0.717, 1.165) is 25.0 Å². The fraction of sp³-hybridized carbons (Fsp3) is 0.421. The third-order valence-electron chi connectivity index (χ3n) is 5.42. The normalized spacial score (nSPS) is 17.7. The van der Waals surface area contributed by atoms with Crippen LogP contribution >= 0.6 is 0 Å². The third-order valence-corrected chi connectivity index (χ3v) is 5.42. The number of piperidine rings is 1. The van der Waals surface area contributed by atoms with Crippen molar-refractivity contribution in [3.05, 3.63) is 47.4 Å². The van der Waals surface area contributed by atoms with E-state index in [2.05, 4.69) is 20.5 Å². The van der Waals surface area contributed by atoms with E-state index >= 15 is 0 Å². The van der Waals surface area contributed by atoms with Crippen LogP contribution in [0.3, 0.4) is 0 Å². The maximum Gasteiger partial charge on any atom is 0.280 e. The summed E-state index contributed by atoms with van der Waals surface area (Å²) in [6, 6.07) is 3.45. The Hall–Kier alpha value is -3.17. The molecule has 1 saturated heterocycles. The van der Waals surface area contributed by atoms with E-state index in [0.29, 0.717) is 49.3 Å². The predicted octanol–water partition coefficient (Wildman–Crippen LogP) is 2.96. The molecule has 5 rings (SSSR count). The van der Waals surface area contributed by atoms with Crippen LogP contribution in [0.5, 0.6) is 0 Å². The summed E-state index contributed by atoms with van der Waals surface area (Å²) in [6.45, 7) is 0.748. The van der Waals surface area contributed by atoms with Crippen molar-refractivity contribution in [2.45, 2.75) is 37.6 Å². The van der Waals surface area contributed by atoms with Crippen LogP contribution in [0.15, 0.2) is 28.9 Å². The number of nitrogens with zero attached hydrogens (tertiary/aromatic N) is 6. The molecule has 0 radical (unpaired) electrons. The van der Waals surface area contributed by atoms with Crippen LogP contribution in [0.1, 0.15) is 53.8 Å². The lowest BCUT2D eigenvalue weighted by Crippen LogP contribution is -2.39.